The van der Waals surface area contributed by atoms with Gasteiger partial charge in [0.2, 0.25) is 12.8 Å². The highest BCUT2D eigenvalue weighted by atomic mass is 35.5. The molecule has 1 aromatic carbocycles. The Balaban J connectivity index is 0.000000758. The van der Waals surface area contributed by atoms with Crippen LogP contribution in [0.1, 0.15) is 85.1 Å². The van der Waals surface area contributed by atoms with Crippen LogP contribution in [0.5, 0.6) is 0 Å². The lowest BCUT2D eigenvalue weighted by Crippen LogP contribution is -2.12. The Bertz CT molecular complexity index is 966. The molecular weight excluding hydrogens is 564 g/mol. The summed E-state index contributed by atoms with van der Waals surface area (Å²) in [7, 11) is 0. The summed E-state index contributed by atoms with van der Waals surface area (Å²) in [5, 5.41) is 17.7. The van der Waals surface area contributed by atoms with Crippen molar-refractivity contribution in [1.82, 2.24) is 10.6 Å². The zero-order chi connectivity index (χ0) is 31.3. The third-order valence-electron chi connectivity index (χ3n) is 5.72. The van der Waals surface area contributed by atoms with Crippen LogP contribution in [0, 0.1) is 17.2 Å². The number of allylic oxidation sites excluding steroid dienone is 5. The van der Waals surface area contributed by atoms with E-state index in [1.165, 1.54) is 25.0 Å². The standard InChI is InChI=1S/C18H19Cl2FN2O.C5H10O.C5H12.C4H9NO/c1-2-3-4-13(19)6-5-12-9-22-10-15(12)14-7-17(21)16(20)8-18(14)23-11-24;6-5-3-1-2-4-5;1-5(2,3)4;1-2-3-5-4-6/h2-8,11-12,15,22H,9-10H2,1H3,(H,23,24);5-6H,1-4H2;1-4H3;4H,2-3H2,1H3,(H,5,6)/b3-2-,6-5+,13-4+;;;/t12?,15-;;;/m1.../s1. The van der Waals surface area contributed by atoms with E-state index in [0.717, 1.165) is 37.9 Å². The second-order valence-electron chi connectivity index (χ2n) is 11.5. The van der Waals surface area contributed by atoms with Gasteiger partial charge in [-0.05, 0) is 67.4 Å². The van der Waals surface area contributed by atoms with Crippen molar-refractivity contribution < 1.29 is 19.1 Å². The molecule has 1 unspecified atom stereocenters. The number of nitrogens with one attached hydrogen (secondary N) is 3. The van der Waals surface area contributed by atoms with Crippen molar-refractivity contribution in [2.75, 3.05) is 25.0 Å². The number of aliphatic hydroxyl groups excluding tert-OH is 1. The first kappa shape index (κ1) is 38.8. The molecule has 0 spiro atoms. The number of rotatable bonds is 9. The number of anilines is 1. The summed E-state index contributed by atoms with van der Waals surface area (Å²) in [5.74, 6) is -0.351. The van der Waals surface area contributed by atoms with Gasteiger partial charge in [0.25, 0.3) is 0 Å². The lowest BCUT2D eigenvalue weighted by atomic mass is 9.87. The summed E-state index contributed by atoms with van der Waals surface area (Å²) >= 11 is 11.9. The van der Waals surface area contributed by atoms with E-state index in [1.54, 1.807) is 6.08 Å². The van der Waals surface area contributed by atoms with Crippen molar-refractivity contribution in [3.05, 3.63) is 63.9 Å². The summed E-state index contributed by atoms with van der Waals surface area (Å²) in [6.45, 7) is 14.9. The molecule has 3 rings (SSSR count). The zero-order valence-corrected chi connectivity index (χ0v) is 27.0. The maximum Gasteiger partial charge on any atom is 0.211 e. The Hall–Kier alpha value is -2.19. The maximum atomic E-state index is 13.9. The molecule has 1 aliphatic heterocycles. The predicted octanol–water partition coefficient (Wildman–Crippen LogP) is 7.72. The molecule has 2 amide bonds. The van der Waals surface area contributed by atoms with E-state index in [4.69, 9.17) is 28.3 Å². The summed E-state index contributed by atoms with van der Waals surface area (Å²) in [5.41, 5.74) is 1.75. The van der Waals surface area contributed by atoms with E-state index >= 15 is 0 Å². The van der Waals surface area contributed by atoms with Crippen LogP contribution in [-0.2, 0) is 9.59 Å². The van der Waals surface area contributed by atoms with Gasteiger partial charge in [0.05, 0.1) is 11.1 Å². The lowest BCUT2D eigenvalue weighted by molar-refractivity contribution is -0.109. The van der Waals surface area contributed by atoms with Crippen molar-refractivity contribution in [1.29, 1.82) is 0 Å². The van der Waals surface area contributed by atoms with Gasteiger partial charge in [0.1, 0.15) is 5.82 Å². The highest BCUT2D eigenvalue weighted by Gasteiger charge is 2.29. The fraction of sp³-hybridized carbons (Fsp3) is 0.562. The Kier molecular flexibility index (Phi) is 21.2. The number of hydrogen-bond donors (Lipinski definition) is 4. The first-order valence-electron chi connectivity index (χ1n) is 14.3. The van der Waals surface area contributed by atoms with Crippen molar-refractivity contribution in [3.8, 4) is 0 Å². The zero-order valence-electron chi connectivity index (χ0n) is 25.5. The largest absolute Gasteiger partial charge is 0.393 e. The SMILES string of the molecule is CC(C)(C)C.CCCNC=O.C\C=C/C=C(Cl)\C=C\C1CNC[C@H]1c1cc(F)c(Cl)cc1NC=O.OC1CCCC1. The van der Waals surface area contributed by atoms with E-state index in [-0.39, 0.29) is 23.0 Å². The first-order valence-corrected chi connectivity index (χ1v) is 15.0. The quantitative estimate of drug-likeness (QED) is 0.130. The number of hydrogen-bond acceptors (Lipinski definition) is 4. The number of carbonyl (C=O) groups is 2. The second kappa shape index (κ2) is 22.4. The molecule has 0 radical (unpaired) electrons. The molecule has 1 aromatic rings. The number of benzene rings is 1. The minimum atomic E-state index is -0.497. The average Bonchev–Trinajstić information content (AvgIpc) is 3.58. The van der Waals surface area contributed by atoms with Crippen LogP contribution in [0.3, 0.4) is 0 Å². The van der Waals surface area contributed by atoms with Crippen molar-refractivity contribution in [2.24, 2.45) is 11.3 Å². The Morgan fingerprint density at radius 3 is 2.24 bits per heavy atom. The summed E-state index contributed by atoms with van der Waals surface area (Å²) in [6, 6.07) is 2.84. The molecule has 1 saturated carbocycles. The summed E-state index contributed by atoms with van der Waals surface area (Å²) in [6.07, 6.45) is 16.3. The molecule has 0 bridgehead atoms. The molecule has 2 atom stereocenters. The lowest BCUT2D eigenvalue weighted by Gasteiger charge is -2.19. The monoisotopic (exact) mass is 613 g/mol. The molecule has 6 nitrogen and oxygen atoms in total. The van der Waals surface area contributed by atoms with Crippen LogP contribution in [0.2, 0.25) is 5.02 Å². The van der Waals surface area contributed by atoms with Gasteiger partial charge in [-0.1, -0.05) is 88.9 Å². The Morgan fingerprint density at radius 1 is 1.15 bits per heavy atom. The minimum Gasteiger partial charge on any atom is -0.393 e. The molecule has 4 N–H and O–H groups in total. The van der Waals surface area contributed by atoms with Gasteiger partial charge in [-0.3, -0.25) is 9.59 Å². The number of carbonyl (C=O) groups excluding carboxylic acids is 2. The van der Waals surface area contributed by atoms with Gasteiger partial charge >= 0.3 is 0 Å². The van der Waals surface area contributed by atoms with Gasteiger partial charge in [-0.15, -0.1) is 0 Å². The van der Waals surface area contributed by atoms with E-state index in [9.17, 15) is 14.0 Å². The molecule has 2 aliphatic rings. The van der Waals surface area contributed by atoms with Gasteiger partial charge in [0, 0.05) is 36.3 Å². The predicted molar refractivity (Wildman–Crippen MR) is 172 cm³/mol. The highest BCUT2D eigenvalue weighted by molar-refractivity contribution is 6.31. The van der Waals surface area contributed by atoms with Crippen molar-refractivity contribution in [2.45, 2.75) is 85.7 Å². The first-order chi connectivity index (χ1) is 19.4. The molecular formula is C32H50Cl2FN3O3. The van der Waals surface area contributed by atoms with Crippen LogP contribution in [0.15, 0.2) is 47.5 Å². The molecule has 232 valence electrons. The normalized spacial score (nSPS) is 19.0. The molecule has 9 heteroatoms. The average molecular weight is 615 g/mol. The Morgan fingerprint density at radius 2 is 1.78 bits per heavy atom. The molecule has 1 saturated heterocycles. The van der Waals surface area contributed by atoms with Gasteiger partial charge < -0.3 is 21.1 Å². The topological polar surface area (TPSA) is 90.5 Å². The molecule has 1 heterocycles. The summed E-state index contributed by atoms with van der Waals surface area (Å²) in [4.78, 5) is 20.3. The molecule has 0 aromatic heterocycles. The molecule has 41 heavy (non-hydrogen) atoms. The van der Waals surface area contributed by atoms with Crippen LogP contribution in [0.4, 0.5) is 10.1 Å². The number of halogens is 3. The maximum absolute atomic E-state index is 13.9. The van der Waals surface area contributed by atoms with E-state index < -0.39 is 5.82 Å². The van der Waals surface area contributed by atoms with Crippen LogP contribution >= 0.6 is 23.2 Å². The van der Waals surface area contributed by atoms with Gasteiger partial charge in [0.15, 0.2) is 0 Å². The van der Waals surface area contributed by atoms with Crippen LogP contribution in [0.25, 0.3) is 0 Å². The van der Waals surface area contributed by atoms with Gasteiger partial charge in [-0.2, -0.15) is 0 Å². The van der Waals surface area contributed by atoms with Crippen LogP contribution < -0.4 is 16.0 Å². The van der Waals surface area contributed by atoms with E-state index in [2.05, 4.69) is 43.6 Å². The summed E-state index contributed by atoms with van der Waals surface area (Å²) < 4.78 is 13.9. The Labute approximate surface area is 256 Å². The molecule has 2 fully saturated rings. The highest BCUT2D eigenvalue weighted by Crippen LogP contribution is 2.36. The smallest absolute Gasteiger partial charge is 0.211 e. The van der Waals surface area contributed by atoms with Crippen molar-refractivity contribution in [3.63, 3.8) is 0 Å². The minimum absolute atomic E-state index is 0.0153. The molecule has 1 aliphatic carbocycles. The number of amides is 2. The third-order valence-corrected chi connectivity index (χ3v) is 6.26. The van der Waals surface area contributed by atoms with E-state index in [0.29, 0.717) is 35.5 Å². The fourth-order valence-corrected chi connectivity index (χ4v) is 4.18. The van der Waals surface area contributed by atoms with Gasteiger partial charge in [-0.25, -0.2) is 4.39 Å². The number of aliphatic hydroxyl groups is 1. The van der Waals surface area contributed by atoms with Crippen LogP contribution in [-0.4, -0.2) is 43.7 Å². The second-order valence-corrected chi connectivity index (χ2v) is 12.3. The van der Waals surface area contributed by atoms with Crippen molar-refractivity contribution >= 4 is 41.7 Å². The third kappa shape index (κ3) is 19.5. The fourth-order valence-electron chi connectivity index (χ4n) is 3.87. The van der Waals surface area contributed by atoms with E-state index in [1.807, 2.05) is 38.2 Å².